The molecule has 0 aliphatic rings. The van der Waals surface area contributed by atoms with E-state index in [1.54, 1.807) is 0 Å². The minimum atomic E-state index is -0.374. The minimum absolute atomic E-state index is 0.0673. The zero-order valence-electron chi connectivity index (χ0n) is 16.2. The number of amides is 1. The summed E-state index contributed by atoms with van der Waals surface area (Å²) in [4.78, 5) is 13.1. The molecule has 0 unspecified atom stereocenters. The van der Waals surface area contributed by atoms with Gasteiger partial charge in [-0.15, -0.1) is 0 Å². The molecule has 3 aromatic carbocycles. The molecular formula is C25H22N2O2. The lowest BCUT2D eigenvalue weighted by molar-refractivity contribution is -0.121. The molecule has 0 radical (unpaired) electrons. The van der Waals surface area contributed by atoms with Crippen LogP contribution < -0.4 is 5.32 Å². The van der Waals surface area contributed by atoms with Gasteiger partial charge in [-0.05, 0) is 18.1 Å². The van der Waals surface area contributed by atoms with Crippen LogP contribution in [-0.4, -0.2) is 11.1 Å². The van der Waals surface area contributed by atoms with Crippen LogP contribution >= 0.6 is 0 Å². The predicted molar refractivity (Wildman–Crippen MR) is 113 cm³/mol. The van der Waals surface area contributed by atoms with E-state index >= 15 is 0 Å². The van der Waals surface area contributed by atoms with Crippen molar-refractivity contribution in [3.05, 3.63) is 113 Å². The molecule has 1 amide bonds. The molecule has 0 saturated heterocycles. The van der Waals surface area contributed by atoms with Gasteiger partial charge in [0.05, 0.1) is 12.5 Å². The number of aryl methyl sites for hydroxylation is 1. The van der Waals surface area contributed by atoms with Crippen LogP contribution in [0.3, 0.4) is 0 Å². The van der Waals surface area contributed by atoms with E-state index < -0.39 is 0 Å². The second-order valence-electron chi connectivity index (χ2n) is 7.02. The van der Waals surface area contributed by atoms with Crippen molar-refractivity contribution in [2.75, 3.05) is 0 Å². The Bertz CT molecular complexity index is 1030. The van der Waals surface area contributed by atoms with Crippen molar-refractivity contribution in [1.29, 1.82) is 0 Å². The number of hydrogen-bond donors (Lipinski definition) is 1. The van der Waals surface area contributed by atoms with Crippen LogP contribution in [0.25, 0.3) is 11.3 Å². The van der Waals surface area contributed by atoms with Gasteiger partial charge in [-0.1, -0.05) is 95.6 Å². The first-order chi connectivity index (χ1) is 14.2. The van der Waals surface area contributed by atoms with Crippen molar-refractivity contribution in [3.8, 4) is 11.3 Å². The summed E-state index contributed by atoms with van der Waals surface area (Å²) in [6, 6.07) is 29.5. The van der Waals surface area contributed by atoms with Gasteiger partial charge in [0.15, 0.2) is 5.76 Å². The molecular weight excluding hydrogens is 360 g/mol. The normalized spacial score (nSPS) is 10.8. The largest absolute Gasteiger partial charge is 0.356 e. The Morgan fingerprint density at radius 1 is 0.897 bits per heavy atom. The van der Waals surface area contributed by atoms with Crippen molar-refractivity contribution in [1.82, 2.24) is 10.5 Å². The summed E-state index contributed by atoms with van der Waals surface area (Å²) < 4.78 is 5.45. The Balaban J connectivity index is 1.49. The topological polar surface area (TPSA) is 55.1 Å². The predicted octanol–water partition coefficient (Wildman–Crippen LogP) is 5.10. The Morgan fingerprint density at radius 3 is 2.07 bits per heavy atom. The number of nitrogens with one attached hydrogen (secondary N) is 1. The molecule has 0 spiro atoms. The molecule has 144 valence electrons. The van der Waals surface area contributed by atoms with Gasteiger partial charge in [0.25, 0.3) is 0 Å². The van der Waals surface area contributed by atoms with E-state index in [9.17, 15) is 4.79 Å². The molecule has 1 aromatic heterocycles. The van der Waals surface area contributed by atoms with Crippen molar-refractivity contribution < 1.29 is 9.32 Å². The van der Waals surface area contributed by atoms with Crippen molar-refractivity contribution in [2.24, 2.45) is 0 Å². The summed E-state index contributed by atoms with van der Waals surface area (Å²) in [6.07, 6.45) is 0. The molecule has 0 bridgehead atoms. The first-order valence-electron chi connectivity index (χ1n) is 9.61. The number of nitrogens with zero attached hydrogens (tertiary/aromatic N) is 1. The zero-order valence-corrected chi connectivity index (χ0v) is 16.2. The highest BCUT2D eigenvalue weighted by Crippen LogP contribution is 2.25. The summed E-state index contributed by atoms with van der Waals surface area (Å²) in [6.45, 7) is 2.35. The van der Waals surface area contributed by atoms with Crippen LogP contribution in [0.4, 0.5) is 0 Å². The molecule has 0 aliphatic carbocycles. The fourth-order valence-electron chi connectivity index (χ4n) is 3.31. The number of hydrogen-bond acceptors (Lipinski definition) is 3. The molecule has 29 heavy (non-hydrogen) atoms. The lowest BCUT2D eigenvalue weighted by Crippen LogP contribution is -2.29. The number of benzene rings is 3. The quantitative estimate of drug-likeness (QED) is 0.505. The molecule has 4 rings (SSSR count). The Hall–Kier alpha value is -3.66. The van der Waals surface area contributed by atoms with E-state index in [4.69, 9.17) is 4.52 Å². The average molecular weight is 382 g/mol. The Kier molecular flexibility index (Phi) is 5.52. The second kappa shape index (κ2) is 8.57. The van der Waals surface area contributed by atoms with Gasteiger partial charge in [-0.2, -0.15) is 0 Å². The summed E-state index contributed by atoms with van der Waals surface area (Å²) in [7, 11) is 0. The van der Waals surface area contributed by atoms with E-state index in [1.807, 2.05) is 97.9 Å². The maximum Gasteiger partial charge on any atom is 0.232 e. The van der Waals surface area contributed by atoms with Crippen LogP contribution in [0.5, 0.6) is 0 Å². The molecule has 1 heterocycles. The van der Waals surface area contributed by atoms with Crippen molar-refractivity contribution in [3.63, 3.8) is 0 Å². The van der Waals surface area contributed by atoms with E-state index in [1.165, 1.54) is 5.56 Å². The maximum atomic E-state index is 13.1. The zero-order chi connectivity index (χ0) is 20.1. The van der Waals surface area contributed by atoms with Crippen molar-refractivity contribution in [2.45, 2.75) is 19.4 Å². The van der Waals surface area contributed by atoms with E-state index in [-0.39, 0.29) is 11.8 Å². The number of carbonyl (C=O) groups excluding carboxylic acids is 1. The first-order valence-corrected chi connectivity index (χ1v) is 9.61. The van der Waals surface area contributed by atoms with Gasteiger partial charge in [0.2, 0.25) is 5.91 Å². The SMILES string of the molecule is Cc1ccc(-c2cc(CNC(=O)C(c3ccccc3)c3ccccc3)no2)cc1. The van der Waals surface area contributed by atoms with Gasteiger partial charge < -0.3 is 9.84 Å². The average Bonchev–Trinajstić information content (AvgIpc) is 3.24. The summed E-state index contributed by atoms with van der Waals surface area (Å²) in [5.74, 6) is 0.250. The molecule has 4 nitrogen and oxygen atoms in total. The molecule has 1 N–H and O–H groups in total. The third-order valence-electron chi connectivity index (χ3n) is 4.87. The third kappa shape index (κ3) is 4.43. The van der Waals surface area contributed by atoms with Crippen LogP contribution in [0.2, 0.25) is 0 Å². The Morgan fingerprint density at radius 2 is 1.48 bits per heavy atom. The smallest absolute Gasteiger partial charge is 0.232 e. The first kappa shape index (κ1) is 18.7. The summed E-state index contributed by atoms with van der Waals surface area (Å²) in [5, 5.41) is 7.11. The van der Waals surface area contributed by atoms with Crippen LogP contribution in [-0.2, 0) is 11.3 Å². The van der Waals surface area contributed by atoms with E-state index in [0.29, 0.717) is 18.0 Å². The lowest BCUT2D eigenvalue weighted by Gasteiger charge is -2.17. The maximum absolute atomic E-state index is 13.1. The standard InChI is InChI=1S/C25H22N2O2/c1-18-12-14-19(15-13-18)23-16-22(27-29-23)17-26-25(28)24(20-8-4-2-5-9-20)21-10-6-3-7-11-21/h2-16,24H,17H2,1H3,(H,26,28). The minimum Gasteiger partial charge on any atom is -0.356 e. The fraction of sp³-hybridized carbons (Fsp3) is 0.120. The van der Waals surface area contributed by atoms with E-state index in [2.05, 4.69) is 10.5 Å². The molecule has 4 heteroatoms. The van der Waals surface area contributed by atoms with Gasteiger partial charge in [0.1, 0.15) is 5.69 Å². The van der Waals surface area contributed by atoms with Gasteiger partial charge in [0, 0.05) is 11.6 Å². The number of aromatic nitrogens is 1. The second-order valence-corrected chi connectivity index (χ2v) is 7.02. The van der Waals surface area contributed by atoms with Crippen LogP contribution in [0.1, 0.15) is 28.3 Å². The highest BCUT2D eigenvalue weighted by Gasteiger charge is 2.22. The molecule has 4 aromatic rings. The van der Waals surface area contributed by atoms with E-state index in [0.717, 1.165) is 16.7 Å². The highest BCUT2D eigenvalue weighted by molar-refractivity contribution is 5.87. The molecule has 0 aliphatic heterocycles. The Labute approximate surface area is 170 Å². The van der Waals surface area contributed by atoms with Gasteiger partial charge in [-0.3, -0.25) is 4.79 Å². The number of rotatable bonds is 6. The fourth-order valence-corrected chi connectivity index (χ4v) is 3.31. The number of carbonyl (C=O) groups is 1. The van der Waals surface area contributed by atoms with Crippen LogP contribution in [0, 0.1) is 6.92 Å². The van der Waals surface area contributed by atoms with Gasteiger partial charge >= 0.3 is 0 Å². The van der Waals surface area contributed by atoms with Crippen LogP contribution in [0.15, 0.2) is 95.5 Å². The third-order valence-corrected chi connectivity index (χ3v) is 4.87. The molecule has 0 saturated carbocycles. The monoisotopic (exact) mass is 382 g/mol. The summed E-state index contributed by atoms with van der Waals surface area (Å²) >= 11 is 0. The lowest BCUT2D eigenvalue weighted by atomic mass is 9.90. The van der Waals surface area contributed by atoms with Crippen molar-refractivity contribution >= 4 is 5.91 Å². The molecule has 0 fully saturated rings. The highest BCUT2D eigenvalue weighted by atomic mass is 16.5. The summed E-state index contributed by atoms with van der Waals surface area (Å²) in [5.41, 5.74) is 4.75. The van der Waals surface area contributed by atoms with Gasteiger partial charge in [-0.25, -0.2) is 0 Å². The molecule has 0 atom stereocenters.